The van der Waals surface area contributed by atoms with E-state index in [0.717, 1.165) is 22.1 Å². The zero-order chi connectivity index (χ0) is 11.4. The fraction of sp³-hybridized carbons (Fsp3) is 0.636. The maximum Gasteiger partial charge on any atom is 0.107 e. The molecule has 3 nitrogen and oxygen atoms in total. The van der Waals surface area contributed by atoms with E-state index in [1.807, 2.05) is 14.1 Å². The number of hydrogen-bond acceptors (Lipinski definition) is 4. The van der Waals surface area contributed by atoms with Crippen LogP contribution in [-0.2, 0) is 13.0 Å². The molecular weight excluding hydrogens is 206 g/mol. The van der Waals surface area contributed by atoms with Crippen molar-refractivity contribution in [1.29, 1.82) is 5.26 Å². The van der Waals surface area contributed by atoms with Gasteiger partial charge >= 0.3 is 0 Å². The van der Waals surface area contributed by atoms with Crippen LogP contribution in [0.5, 0.6) is 0 Å². The Morgan fingerprint density at radius 1 is 1.47 bits per heavy atom. The molecule has 0 saturated heterocycles. The predicted octanol–water partition coefficient (Wildman–Crippen LogP) is 2.39. The summed E-state index contributed by atoms with van der Waals surface area (Å²) in [7, 11) is 4.06. The summed E-state index contributed by atoms with van der Waals surface area (Å²) < 4.78 is 0. The lowest BCUT2D eigenvalue weighted by Crippen LogP contribution is -2.10. The molecule has 1 aromatic heterocycles. The van der Waals surface area contributed by atoms with Gasteiger partial charge in [-0.25, -0.2) is 4.98 Å². The zero-order valence-electron chi connectivity index (χ0n) is 9.74. The Morgan fingerprint density at radius 2 is 2.13 bits per heavy atom. The van der Waals surface area contributed by atoms with E-state index in [1.54, 1.807) is 11.3 Å². The lowest BCUT2D eigenvalue weighted by atomic mass is 10.1. The Kier molecular flexibility index (Phi) is 4.25. The summed E-state index contributed by atoms with van der Waals surface area (Å²) in [5, 5.41) is 9.84. The van der Waals surface area contributed by atoms with Gasteiger partial charge in [0.2, 0.25) is 0 Å². The van der Waals surface area contributed by atoms with Crippen LogP contribution in [0.15, 0.2) is 0 Å². The molecule has 0 N–H and O–H groups in total. The van der Waals surface area contributed by atoms with Crippen molar-refractivity contribution < 1.29 is 0 Å². The van der Waals surface area contributed by atoms with Crippen molar-refractivity contribution in [2.45, 2.75) is 32.7 Å². The SMILES string of the molecule is CC(C)c1nc(CN(C)C)sc1CC#N. The standard InChI is InChI=1S/C11H17N3S/c1-8(2)11-9(5-6-12)15-10(13-11)7-14(3)4/h8H,5,7H2,1-4H3. The second kappa shape index (κ2) is 5.24. The van der Waals surface area contributed by atoms with Crippen molar-refractivity contribution in [1.82, 2.24) is 9.88 Å². The average Bonchev–Trinajstić information content (AvgIpc) is 2.47. The second-order valence-electron chi connectivity index (χ2n) is 4.14. The fourth-order valence-electron chi connectivity index (χ4n) is 1.40. The van der Waals surface area contributed by atoms with Crippen LogP contribution in [-0.4, -0.2) is 24.0 Å². The molecule has 82 valence electrons. The molecule has 1 aromatic rings. The number of thiazole rings is 1. The summed E-state index contributed by atoms with van der Waals surface area (Å²) in [5.41, 5.74) is 1.10. The summed E-state index contributed by atoms with van der Waals surface area (Å²) in [6.07, 6.45) is 0.485. The van der Waals surface area contributed by atoms with Crippen LogP contribution in [0.1, 0.15) is 35.3 Å². The van der Waals surface area contributed by atoms with E-state index in [0.29, 0.717) is 12.3 Å². The van der Waals surface area contributed by atoms with E-state index in [4.69, 9.17) is 5.26 Å². The minimum Gasteiger partial charge on any atom is -0.303 e. The molecule has 0 aromatic carbocycles. The van der Waals surface area contributed by atoms with Gasteiger partial charge in [-0.05, 0) is 20.0 Å². The molecule has 0 aliphatic heterocycles. The fourth-order valence-corrected chi connectivity index (χ4v) is 2.68. The molecule has 0 radical (unpaired) electrons. The van der Waals surface area contributed by atoms with Crippen molar-refractivity contribution in [2.24, 2.45) is 0 Å². The van der Waals surface area contributed by atoms with Gasteiger partial charge in [0.15, 0.2) is 0 Å². The van der Waals surface area contributed by atoms with Gasteiger partial charge in [-0.3, -0.25) is 0 Å². The molecule has 0 fully saturated rings. The highest BCUT2D eigenvalue weighted by molar-refractivity contribution is 7.11. The normalized spacial score (nSPS) is 11.0. The number of nitriles is 1. The molecule has 0 bridgehead atoms. The number of aromatic nitrogens is 1. The maximum absolute atomic E-state index is 8.74. The Bertz CT molecular complexity index is 360. The molecule has 0 aliphatic rings. The molecule has 0 saturated carbocycles. The average molecular weight is 223 g/mol. The molecule has 1 heterocycles. The molecular formula is C11H17N3S. The highest BCUT2D eigenvalue weighted by Crippen LogP contribution is 2.25. The maximum atomic E-state index is 8.74. The first-order chi connectivity index (χ1) is 7.04. The molecule has 0 unspecified atom stereocenters. The zero-order valence-corrected chi connectivity index (χ0v) is 10.6. The Hall–Kier alpha value is -0.920. The smallest absolute Gasteiger partial charge is 0.107 e. The minimum absolute atomic E-state index is 0.403. The van der Waals surface area contributed by atoms with Gasteiger partial charge in [-0.2, -0.15) is 5.26 Å². The van der Waals surface area contributed by atoms with E-state index >= 15 is 0 Å². The van der Waals surface area contributed by atoms with Gasteiger partial charge in [-0.1, -0.05) is 13.8 Å². The highest BCUT2D eigenvalue weighted by Gasteiger charge is 2.13. The molecule has 0 atom stereocenters. The number of nitrogens with zero attached hydrogens (tertiary/aromatic N) is 3. The Morgan fingerprint density at radius 3 is 2.60 bits per heavy atom. The molecule has 0 amide bonds. The van der Waals surface area contributed by atoms with Crippen molar-refractivity contribution >= 4 is 11.3 Å². The van der Waals surface area contributed by atoms with E-state index < -0.39 is 0 Å². The van der Waals surface area contributed by atoms with E-state index in [1.165, 1.54) is 0 Å². The quantitative estimate of drug-likeness (QED) is 0.787. The summed E-state index contributed by atoms with van der Waals surface area (Å²) >= 11 is 1.67. The summed E-state index contributed by atoms with van der Waals surface area (Å²) in [4.78, 5) is 7.82. The lowest BCUT2D eigenvalue weighted by Gasteiger charge is -2.05. The largest absolute Gasteiger partial charge is 0.303 e. The molecule has 0 aliphatic carbocycles. The second-order valence-corrected chi connectivity index (χ2v) is 5.31. The first-order valence-corrected chi connectivity index (χ1v) is 5.86. The Labute approximate surface area is 95.4 Å². The third-order valence-electron chi connectivity index (χ3n) is 2.01. The number of rotatable bonds is 4. The summed E-state index contributed by atoms with van der Waals surface area (Å²) in [5.74, 6) is 0.403. The minimum atomic E-state index is 0.403. The monoisotopic (exact) mass is 223 g/mol. The van der Waals surface area contributed by atoms with Crippen LogP contribution >= 0.6 is 11.3 Å². The van der Waals surface area contributed by atoms with Crippen molar-refractivity contribution in [3.8, 4) is 6.07 Å². The predicted molar refractivity (Wildman–Crippen MR) is 62.9 cm³/mol. The van der Waals surface area contributed by atoms with Gasteiger partial charge in [0.1, 0.15) is 5.01 Å². The van der Waals surface area contributed by atoms with E-state index in [9.17, 15) is 0 Å². The third-order valence-corrected chi connectivity index (χ3v) is 3.07. The Balaban J connectivity index is 2.94. The molecule has 4 heteroatoms. The summed E-state index contributed by atoms with van der Waals surface area (Å²) in [6.45, 7) is 5.10. The molecule has 15 heavy (non-hydrogen) atoms. The van der Waals surface area contributed by atoms with Crippen LogP contribution in [0.4, 0.5) is 0 Å². The molecule has 0 spiro atoms. The highest BCUT2D eigenvalue weighted by atomic mass is 32.1. The van der Waals surface area contributed by atoms with Gasteiger partial charge in [0.05, 0.1) is 18.2 Å². The number of hydrogen-bond donors (Lipinski definition) is 0. The molecule has 1 rings (SSSR count). The first-order valence-electron chi connectivity index (χ1n) is 5.04. The topological polar surface area (TPSA) is 39.9 Å². The third kappa shape index (κ3) is 3.29. The van der Waals surface area contributed by atoms with Gasteiger partial charge in [-0.15, -0.1) is 11.3 Å². The van der Waals surface area contributed by atoms with Crippen molar-refractivity contribution in [2.75, 3.05) is 14.1 Å². The van der Waals surface area contributed by atoms with Crippen LogP contribution in [0.3, 0.4) is 0 Å². The van der Waals surface area contributed by atoms with E-state index in [-0.39, 0.29) is 0 Å². The lowest BCUT2D eigenvalue weighted by molar-refractivity contribution is 0.401. The van der Waals surface area contributed by atoms with Crippen molar-refractivity contribution in [3.63, 3.8) is 0 Å². The van der Waals surface area contributed by atoms with Crippen molar-refractivity contribution in [3.05, 3.63) is 15.6 Å². The summed E-state index contributed by atoms with van der Waals surface area (Å²) in [6, 6.07) is 2.20. The van der Waals surface area contributed by atoms with Gasteiger partial charge in [0, 0.05) is 11.4 Å². The van der Waals surface area contributed by atoms with Crippen LogP contribution in [0, 0.1) is 11.3 Å². The van der Waals surface area contributed by atoms with Crippen LogP contribution in [0.2, 0.25) is 0 Å². The van der Waals surface area contributed by atoms with Gasteiger partial charge in [0.25, 0.3) is 0 Å². The van der Waals surface area contributed by atoms with Gasteiger partial charge < -0.3 is 4.90 Å². The van der Waals surface area contributed by atoms with E-state index in [2.05, 4.69) is 29.8 Å². The van der Waals surface area contributed by atoms with Crippen LogP contribution in [0.25, 0.3) is 0 Å². The van der Waals surface area contributed by atoms with Crippen LogP contribution < -0.4 is 0 Å². The first kappa shape index (κ1) is 12.2.